The molecule has 0 amide bonds. The molecule has 0 aromatic heterocycles. The lowest BCUT2D eigenvalue weighted by Crippen LogP contribution is -2.22. The molecule has 0 fully saturated rings. The van der Waals surface area contributed by atoms with Gasteiger partial charge in [-0.2, -0.15) is 0 Å². The number of unbranched alkanes of at least 4 members (excludes halogenated alkanes) is 2. The highest BCUT2D eigenvalue weighted by Gasteiger charge is 2.31. The number of Topliss-reactive ketones (excluding diaryl/α,β-unsaturated/α-hetero) is 1. The molecule has 4 nitrogen and oxygen atoms in total. The summed E-state index contributed by atoms with van der Waals surface area (Å²) in [4.78, 5) is 12.4. The number of allylic oxidation sites excluding steroid dienone is 2. The Labute approximate surface area is 150 Å². The second-order valence-corrected chi connectivity index (χ2v) is 7.10. The van der Waals surface area contributed by atoms with Gasteiger partial charge in [-0.25, -0.2) is 0 Å². The molecule has 2 unspecified atom stereocenters. The van der Waals surface area contributed by atoms with Crippen LogP contribution in [0.2, 0.25) is 0 Å². The Hall–Kier alpha value is -1.65. The molecule has 1 aliphatic heterocycles. The average molecular weight is 346 g/mol. The van der Waals surface area contributed by atoms with E-state index in [1.54, 1.807) is 6.07 Å². The smallest absolute Gasteiger partial charge is 0.164 e. The largest absolute Gasteiger partial charge is 0.508 e. The molecule has 138 valence electrons. The number of ether oxygens (including phenoxy) is 1. The van der Waals surface area contributed by atoms with Gasteiger partial charge in [0.05, 0.1) is 12.7 Å². The van der Waals surface area contributed by atoms with Crippen molar-refractivity contribution in [3.63, 3.8) is 0 Å². The zero-order valence-corrected chi connectivity index (χ0v) is 15.5. The normalized spacial score (nSPS) is 17.2. The van der Waals surface area contributed by atoms with Gasteiger partial charge in [-0.15, -0.1) is 0 Å². The van der Waals surface area contributed by atoms with Gasteiger partial charge in [-0.1, -0.05) is 43.9 Å². The molecule has 0 aliphatic carbocycles. The number of ketones is 1. The third-order valence-corrected chi connectivity index (χ3v) is 4.74. The van der Waals surface area contributed by atoms with Gasteiger partial charge in [0.2, 0.25) is 0 Å². The van der Waals surface area contributed by atoms with Crippen LogP contribution in [0.1, 0.15) is 75.7 Å². The van der Waals surface area contributed by atoms with E-state index in [2.05, 4.69) is 13.0 Å². The molecule has 1 aromatic carbocycles. The average Bonchev–Trinajstić information content (AvgIpc) is 2.99. The van der Waals surface area contributed by atoms with Crippen molar-refractivity contribution in [2.75, 3.05) is 0 Å². The molecule has 2 atom stereocenters. The maximum absolute atomic E-state index is 12.4. The van der Waals surface area contributed by atoms with Crippen molar-refractivity contribution in [3.8, 4) is 5.75 Å². The number of aromatic hydroxyl groups is 1. The second-order valence-electron chi connectivity index (χ2n) is 7.10. The number of carbonyl (C=O) groups excluding carboxylic acids is 1. The molecule has 0 radical (unpaired) electrons. The van der Waals surface area contributed by atoms with Crippen LogP contribution in [0.25, 0.3) is 0 Å². The zero-order valence-electron chi connectivity index (χ0n) is 15.5. The standard InChI is InChI=1S/C21H30O4/c1-4-5-6-7-18(23)19(24)12-20-21-15(9-8-14(2)3)10-11-17(22)16(21)13-25-20/h8,10-11,18,20,22-23H,4-7,9,12-13H2,1-3H3. The Balaban J connectivity index is 2.12. The number of fused-ring (bicyclic) bond motifs is 1. The molecular weight excluding hydrogens is 316 g/mol. The third-order valence-electron chi connectivity index (χ3n) is 4.74. The summed E-state index contributed by atoms with van der Waals surface area (Å²) in [5.41, 5.74) is 3.99. The van der Waals surface area contributed by atoms with Gasteiger partial charge < -0.3 is 14.9 Å². The topological polar surface area (TPSA) is 66.8 Å². The number of rotatable bonds is 9. The van der Waals surface area contributed by atoms with Crippen molar-refractivity contribution in [3.05, 3.63) is 40.5 Å². The summed E-state index contributed by atoms with van der Waals surface area (Å²) in [7, 11) is 0. The molecule has 1 heterocycles. The molecule has 0 bridgehead atoms. The minimum atomic E-state index is -0.919. The lowest BCUT2D eigenvalue weighted by atomic mass is 9.92. The molecule has 4 heteroatoms. The van der Waals surface area contributed by atoms with E-state index in [9.17, 15) is 15.0 Å². The van der Waals surface area contributed by atoms with E-state index in [1.165, 1.54) is 5.57 Å². The number of hydrogen-bond donors (Lipinski definition) is 2. The molecule has 1 aliphatic rings. The lowest BCUT2D eigenvalue weighted by Gasteiger charge is -2.16. The first-order chi connectivity index (χ1) is 11.9. The van der Waals surface area contributed by atoms with Gasteiger partial charge >= 0.3 is 0 Å². The number of carbonyl (C=O) groups is 1. The Bertz CT molecular complexity index is 629. The Morgan fingerprint density at radius 1 is 1.36 bits per heavy atom. The molecule has 2 rings (SSSR count). The van der Waals surface area contributed by atoms with Crippen LogP contribution in [0, 0.1) is 0 Å². The molecule has 1 aromatic rings. The molecule has 0 saturated carbocycles. The van der Waals surface area contributed by atoms with Crippen LogP contribution in [-0.2, 0) is 22.6 Å². The van der Waals surface area contributed by atoms with Crippen molar-refractivity contribution >= 4 is 5.78 Å². The first kappa shape index (κ1) is 19.7. The summed E-state index contributed by atoms with van der Waals surface area (Å²) < 4.78 is 5.79. The van der Waals surface area contributed by atoms with Gasteiger partial charge in [0.25, 0.3) is 0 Å². The molecule has 0 saturated heterocycles. The van der Waals surface area contributed by atoms with Crippen LogP contribution in [-0.4, -0.2) is 22.1 Å². The highest BCUT2D eigenvalue weighted by molar-refractivity contribution is 5.83. The summed E-state index contributed by atoms with van der Waals surface area (Å²) in [5.74, 6) is 0.0415. The van der Waals surface area contributed by atoms with Crippen LogP contribution in [0.3, 0.4) is 0 Å². The van der Waals surface area contributed by atoms with Gasteiger partial charge in [-0.05, 0) is 43.9 Å². The van der Waals surface area contributed by atoms with E-state index in [4.69, 9.17) is 4.74 Å². The monoisotopic (exact) mass is 346 g/mol. The number of phenolic OH excluding ortho intramolecular Hbond substituents is 1. The summed E-state index contributed by atoms with van der Waals surface area (Å²) in [6, 6.07) is 3.59. The van der Waals surface area contributed by atoms with Gasteiger partial charge in [0.15, 0.2) is 5.78 Å². The maximum Gasteiger partial charge on any atom is 0.164 e. The Kier molecular flexibility index (Phi) is 7.21. The first-order valence-corrected chi connectivity index (χ1v) is 9.23. The van der Waals surface area contributed by atoms with E-state index >= 15 is 0 Å². The molecular formula is C21H30O4. The maximum atomic E-state index is 12.4. The third kappa shape index (κ3) is 5.16. The SMILES string of the molecule is CCCCCC(O)C(=O)CC1OCc2c(O)ccc(CC=C(C)C)c21. The predicted molar refractivity (Wildman–Crippen MR) is 98.5 cm³/mol. The van der Waals surface area contributed by atoms with Gasteiger partial charge in [-0.3, -0.25) is 4.79 Å². The quantitative estimate of drug-likeness (QED) is 0.514. The lowest BCUT2D eigenvalue weighted by molar-refractivity contribution is -0.130. The van der Waals surface area contributed by atoms with Crippen molar-refractivity contribution in [1.29, 1.82) is 0 Å². The highest BCUT2D eigenvalue weighted by atomic mass is 16.5. The molecule has 0 spiro atoms. The zero-order chi connectivity index (χ0) is 18.4. The Morgan fingerprint density at radius 3 is 2.80 bits per heavy atom. The second kappa shape index (κ2) is 9.16. The van der Waals surface area contributed by atoms with E-state index < -0.39 is 6.10 Å². The summed E-state index contributed by atoms with van der Waals surface area (Å²) in [6.45, 7) is 6.50. The van der Waals surface area contributed by atoms with Crippen LogP contribution >= 0.6 is 0 Å². The van der Waals surface area contributed by atoms with Crippen LogP contribution in [0.15, 0.2) is 23.8 Å². The van der Waals surface area contributed by atoms with Crippen LogP contribution in [0.5, 0.6) is 5.75 Å². The minimum absolute atomic E-state index is 0.158. The van der Waals surface area contributed by atoms with Crippen LogP contribution < -0.4 is 0 Å². The fourth-order valence-corrected chi connectivity index (χ4v) is 3.24. The number of aliphatic hydroxyl groups is 1. The van der Waals surface area contributed by atoms with Crippen molar-refractivity contribution < 1.29 is 19.7 Å². The number of hydrogen-bond acceptors (Lipinski definition) is 4. The number of benzene rings is 1. The van der Waals surface area contributed by atoms with Crippen molar-refractivity contribution in [1.82, 2.24) is 0 Å². The highest BCUT2D eigenvalue weighted by Crippen LogP contribution is 2.40. The van der Waals surface area contributed by atoms with E-state index in [0.717, 1.165) is 42.4 Å². The van der Waals surface area contributed by atoms with Crippen molar-refractivity contribution in [2.24, 2.45) is 0 Å². The minimum Gasteiger partial charge on any atom is -0.508 e. The molecule has 25 heavy (non-hydrogen) atoms. The van der Waals surface area contributed by atoms with Gasteiger partial charge in [0, 0.05) is 12.0 Å². The summed E-state index contributed by atoms with van der Waals surface area (Å²) >= 11 is 0. The van der Waals surface area contributed by atoms with Crippen molar-refractivity contribution in [2.45, 2.75) is 78.1 Å². The fraction of sp³-hybridized carbons (Fsp3) is 0.571. The Morgan fingerprint density at radius 2 is 2.12 bits per heavy atom. The van der Waals surface area contributed by atoms with Crippen LogP contribution in [0.4, 0.5) is 0 Å². The predicted octanol–water partition coefficient (Wildman–Crippen LogP) is 4.37. The summed E-state index contributed by atoms with van der Waals surface area (Å²) in [6.07, 6.45) is 5.19. The van der Waals surface area contributed by atoms with Gasteiger partial charge in [0.1, 0.15) is 11.9 Å². The van der Waals surface area contributed by atoms with E-state index in [0.29, 0.717) is 13.0 Å². The van der Waals surface area contributed by atoms with E-state index in [-0.39, 0.29) is 24.1 Å². The first-order valence-electron chi connectivity index (χ1n) is 9.23. The number of aliphatic hydroxyl groups excluding tert-OH is 1. The fourth-order valence-electron chi connectivity index (χ4n) is 3.24. The molecule has 2 N–H and O–H groups in total. The van der Waals surface area contributed by atoms with E-state index in [1.807, 2.05) is 19.9 Å². The number of phenols is 1. The summed E-state index contributed by atoms with van der Waals surface area (Å²) in [5, 5.41) is 20.2.